The first-order valence-electron chi connectivity index (χ1n) is 11.5. The van der Waals surface area contributed by atoms with Crippen LogP contribution >= 0.6 is 0 Å². The molecule has 12 heteroatoms. The first-order valence-corrected chi connectivity index (χ1v) is 11.5. The molecule has 0 unspecified atom stereocenters. The fourth-order valence-electron chi connectivity index (χ4n) is 4.10. The van der Waals surface area contributed by atoms with Gasteiger partial charge in [-0.1, -0.05) is 12.1 Å². The standard InChI is InChI=1S/C26H23F6NO5/c27-25(28,29)15-38-22-6-3-16(9-21(22)26(30,31)32)13-36-20-5-4-18-8-17(14-37-23(18)10-20)11-33-7-1-2-19(12-33)24(34)35/h2-6,8-10H,1,7,11-15H2,(H,34,35). The van der Waals surface area contributed by atoms with Crippen molar-refractivity contribution in [1.82, 2.24) is 4.90 Å². The molecule has 0 saturated heterocycles. The normalized spacial score (nSPS) is 16.2. The van der Waals surface area contributed by atoms with Crippen LogP contribution in [0.1, 0.15) is 23.1 Å². The number of ether oxygens (including phenoxy) is 3. The number of carboxylic acid groups (broad SMARTS) is 1. The van der Waals surface area contributed by atoms with E-state index < -0.39 is 36.2 Å². The van der Waals surface area contributed by atoms with Crippen molar-refractivity contribution >= 4 is 12.0 Å². The fraction of sp³-hybridized carbons (Fsp3) is 0.346. The second-order valence-electron chi connectivity index (χ2n) is 8.85. The van der Waals surface area contributed by atoms with Crippen LogP contribution < -0.4 is 14.2 Å². The lowest BCUT2D eigenvalue weighted by Gasteiger charge is -2.28. The minimum atomic E-state index is -4.92. The third-order valence-corrected chi connectivity index (χ3v) is 5.84. The molecule has 0 spiro atoms. The summed E-state index contributed by atoms with van der Waals surface area (Å²) in [5.41, 5.74) is 0.866. The van der Waals surface area contributed by atoms with E-state index in [1.807, 2.05) is 11.0 Å². The predicted octanol–water partition coefficient (Wildman–Crippen LogP) is 5.72. The van der Waals surface area contributed by atoms with Gasteiger partial charge in [-0.25, -0.2) is 4.79 Å². The number of carboxylic acids is 1. The highest BCUT2D eigenvalue weighted by Crippen LogP contribution is 2.38. The molecule has 0 aliphatic carbocycles. The van der Waals surface area contributed by atoms with E-state index in [1.54, 1.807) is 24.3 Å². The van der Waals surface area contributed by atoms with Gasteiger partial charge in [0.1, 0.15) is 30.5 Å². The van der Waals surface area contributed by atoms with Crippen LogP contribution in [0.2, 0.25) is 0 Å². The maximum absolute atomic E-state index is 13.4. The molecule has 38 heavy (non-hydrogen) atoms. The summed E-state index contributed by atoms with van der Waals surface area (Å²) in [5.74, 6) is -0.994. The molecule has 0 radical (unpaired) electrons. The number of halogens is 6. The van der Waals surface area contributed by atoms with Gasteiger partial charge < -0.3 is 19.3 Å². The van der Waals surface area contributed by atoms with E-state index in [9.17, 15) is 36.2 Å². The van der Waals surface area contributed by atoms with Crippen LogP contribution in [0.15, 0.2) is 53.6 Å². The van der Waals surface area contributed by atoms with E-state index in [-0.39, 0.29) is 18.8 Å². The Morgan fingerprint density at radius 2 is 1.84 bits per heavy atom. The second kappa shape index (κ2) is 11.0. The summed E-state index contributed by atoms with van der Waals surface area (Å²) < 4.78 is 93.0. The van der Waals surface area contributed by atoms with Crippen LogP contribution in [-0.4, -0.2) is 55.0 Å². The molecule has 0 bridgehead atoms. The fourth-order valence-corrected chi connectivity index (χ4v) is 4.10. The average molecular weight is 543 g/mol. The van der Waals surface area contributed by atoms with Gasteiger partial charge in [0.2, 0.25) is 0 Å². The molecule has 0 atom stereocenters. The van der Waals surface area contributed by atoms with Gasteiger partial charge in [-0.2, -0.15) is 26.3 Å². The summed E-state index contributed by atoms with van der Waals surface area (Å²) in [6.07, 6.45) is -5.37. The number of aliphatic carboxylic acids is 1. The van der Waals surface area contributed by atoms with Crippen LogP contribution in [0.25, 0.3) is 6.08 Å². The second-order valence-corrected chi connectivity index (χ2v) is 8.85. The predicted molar refractivity (Wildman–Crippen MR) is 124 cm³/mol. The zero-order chi connectivity index (χ0) is 27.5. The van der Waals surface area contributed by atoms with Gasteiger partial charge in [-0.05, 0) is 47.9 Å². The van der Waals surface area contributed by atoms with Crippen molar-refractivity contribution in [2.24, 2.45) is 0 Å². The third kappa shape index (κ3) is 7.21. The third-order valence-electron chi connectivity index (χ3n) is 5.84. The number of hydrogen-bond donors (Lipinski definition) is 1. The number of alkyl halides is 6. The maximum atomic E-state index is 13.4. The quantitative estimate of drug-likeness (QED) is 0.430. The van der Waals surface area contributed by atoms with Crippen molar-refractivity contribution < 1.29 is 50.5 Å². The molecule has 204 valence electrons. The molecule has 2 aliphatic heterocycles. The number of nitrogens with zero attached hydrogens (tertiary/aromatic N) is 1. The van der Waals surface area contributed by atoms with E-state index in [0.717, 1.165) is 23.7 Å². The van der Waals surface area contributed by atoms with Crippen LogP contribution in [-0.2, 0) is 17.6 Å². The van der Waals surface area contributed by atoms with Crippen LogP contribution in [0, 0.1) is 0 Å². The summed E-state index contributed by atoms with van der Waals surface area (Å²) in [5, 5.41) is 9.21. The van der Waals surface area contributed by atoms with E-state index >= 15 is 0 Å². The number of carbonyl (C=O) groups is 1. The molecule has 6 nitrogen and oxygen atoms in total. The molecule has 1 N–H and O–H groups in total. The number of rotatable bonds is 8. The van der Waals surface area contributed by atoms with Crippen molar-refractivity contribution in [1.29, 1.82) is 0 Å². The van der Waals surface area contributed by atoms with Gasteiger partial charge in [0.15, 0.2) is 6.61 Å². The lowest BCUT2D eigenvalue weighted by atomic mass is 10.0. The Morgan fingerprint density at radius 1 is 1.05 bits per heavy atom. The first kappa shape index (κ1) is 27.4. The van der Waals surface area contributed by atoms with E-state index in [4.69, 9.17) is 9.47 Å². The Balaban J connectivity index is 1.40. The Kier molecular flexibility index (Phi) is 7.91. The van der Waals surface area contributed by atoms with E-state index in [0.29, 0.717) is 42.6 Å². The summed E-state index contributed by atoms with van der Waals surface area (Å²) >= 11 is 0. The molecule has 0 saturated carbocycles. The number of hydrogen-bond acceptors (Lipinski definition) is 5. The van der Waals surface area contributed by atoms with Gasteiger partial charge in [0, 0.05) is 36.8 Å². The molecule has 2 heterocycles. The monoisotopic (exact) mass is 543 g/mol. The number of benzene rings is 2. The Bertz CT molecular complexity index is 1250. The highest BCUT2D eigenvalue weighted by molar-refractivity contribution is 5.87. The first-order chi connectivity index (χ1) is 17.9. The molecular weight excluding hydrogens is 520 g/mol. The summed E-state index contributed by atoms with van der Waals surface area (Å²) in [4.78, 5) is 13.3. The summed E-state index contributed by atoms with van der Waals surface area (Å²) in [6, 6.07) is 7.70. The smallest absolute Gasteiger partial charge is 0.422 e. The van der Waals surface area contributed by atoms with Gasteiger partial charge in [-0.15, -0.1) is 0 Å². The van der Waals surface area contributed by atoms with Gasteiger partial charge in [0.05, 0.1) is 5.56 Å². The van der Waals surface area contributed by atoms with Gasteiger partial charge in [-0.3, -0.25) is 4.90 Å². The zero-order valence-corrected chi connectivity index (χ0v) is 19.9. The molecule has 2 aromatic rings. The summed E-state index contributed by atoms with van der Waals surface area (Å²) in [6.45, 7) is -0.191. The SMILES string of the molecule is O=C(O)C1=CCCN(CC2=Cc3ccc(OCc4ccc(OCC(F)(F)F)c(C(F)(F)F)c4)cc3OC2)C1. The minimum absolute atomic E-state index is 0.0915. The van der Waals surface area contributed by atoms with Gasteiger partial charge >= 0.3 is 18.3 Å². The highest BCUT2D eigenvalue weighted by atomic mass is 19.4. The number of fused-ring (bicyclic) bond motifs is 1. The molecule has 2 aromatic carbocycles. The van der Waals surface area contributed by atoms with E-state index in [2.05, 4.69) is 4.74 Å². The molecule has 0 amide bonds. The Hall–Kier alpha value is -3.67. The maximum Gasteiger partial charge on any atom is 0.422 e. The van der Waals surface area contributed by atoms with Gasteiger partial charge in [0.25, 0.3) is 0 Å². The van der Waals surface area contributed by atoms with Crippen LogP contribution in [0.3, 0.4) is 0 Å². The van der Waals surface area contributed by atoms with Crippen LogP contribution in [0.5, 0.6) is 17.2 Å². The van der Waals surface area contributed by atoms with Crippen molar-refractivity contribution in [3.63, 3.8) is 0 Å². The van der Waals surface area contributed by atoms with Crippen molar-refractivity contribution in [2.75, 3.05) is 32.8 Å². The molecule has 0 fully saturated rings. The zero-order valence-electron chi connectivity index (χ0n) is 19.9. The topological polar surface area (TPSA) is 68.2 Å². The minimum Gasteiger partial charge on any atom is -0.489 e. The average Bonchev–Trinajstić information content (AvgIpc) is 2.85. The van der Waals surface area contributed by atoms with Crippen LogP contribution in [0.4, 0.5) is 26.3 Å². The lowest BCUT2D eigenvalue weighted by Crippen LogP contribution is -2.34. The van der Waals surface area contributed by atoms with Crippen molar-refractivity contribution in [3.8, 4) is 17.2 Å². The van der Waals surface area contributed by atoms with Crippen molar-refractivity contribution in [3.05, 3.63) is 70.3 Å². The summed E-state index contributed by atoms with van der Waals surface area (Å²) in [7, 11) is 0. The Morgan fingerprint density at radius 3 is 2.55 bits per heavy atom. The molecule has 0 aromatic heterocycles. The largest absolute Gasteiger partial charge is 0.489 e. The molecule has 4 rings (SSSR count). The Labute approximate surface area is 213 Å². The van der Waals surface area contributed by atoms with E-state index in [1.165, 1.54) is 6.07 Å². The lowest BCUT2D eigenvalue weighted by molar-refractivity contribution is -0.158. The molecule has 2 aliphatic rings. The highest BCUT2D eigenvalue weighted by Gasteiger charge is 2.36. The molecular formula is C26H23F6NO5. The van der Waals surface area contributed by atoms with Crippen molar-refractivity contribution in [2.45, 2.75) is 25.4 Å².